The number of benzene rings is 2. The Balaban J connectivity index is 1.31. The molecule has 2 N–H and O–H groups in total. The van der Waals surface area contributed by atoms with Gasteiger partial charge in [-0.05, 0) is 60.1 Å². The fraction of sp³-hybridized carbons (Fsp3) is 0.415. The molecule has 4 aromatic heterocycles. The monoisotopic (exact) mass is 919 g/mol. The molecule has 0 aliphatic heterocycles. The molecule has 1 fully saturated rings. The first-order chi connectivity index (χ1) is 29.6. The molecule has 0 unspecified atom stereocenters. The second kappa shape index (κ2) is 15.8. The van der Waals surface area contributed by atoms with Crippen LogP contribution in [0.4, 0.5) is 32.2 Å². The number of anilines is 1. The molecule has 334 valence electrons. The maximum atomic E-state index is 15.5. The van der Waals surface area contributed by atoms with Gasteiger partial charge in [0.1, 0.15) is 35.4 Å². The Hall–Kier alpha value is -5.70. The molecule has 0 bridgehead atoms. The highest BCUT2D eigenvalue weighted by Crippen LogP contribution is 2.68. The lowest BCUT2D eigenvalue weighted by Gasteiger charge is -2.24. The van der Waals surface area contributed by atoms with Gasteiger partial charge >= 0.3 is 0 Å². The highest BCUT2D eigenvalue weighted by Gasteiger charge is 2.67. The summed E-state index contributed by atoms with van der Waals surface area (Å²) in [5.74, 6) is -9.03. The van der Waals surface area contributed by atoms with Gasteiger partial charge in [0.05, 0.1) is 45.9 Å². The van der Waals surface area contributed by atoms with Crippen LogP contribution in [0.3, 0.4) is 0 Å². The Kier molecular flexibility index (Phi) is 11.0. The number of fused-ring (bicyclic) bond motifs is 5. The molecule has 4 heterocycles. The number of aryl methyl sites for hydroxylation is 1. The minimum absolute atomic E-state index is 0.00233. The van der Waals surface area contributed by atoms with Gasteiger partial charge in [0, 0.05) is 37.1 Å². The summed E-state index contributed by atoms with van der Waals surface area (Å²) in [5.41, 5.74) is -2.92. The van der Waals surface area contributed by atoms with E-state index in [0.29, 0.717) is 17.2 Å². The molecule has 22 heteroatoms. The van der Waals surface area contributed by atoms with Crippen molar-refractivity contribution in [3.63, 3.8) is 0 Å². The van der Waals surface area contributed by atoms with Crippen LogP contribution >= 0.6 is 11.6 Å². The standard InChI is InChI=1S/C41H40ClF6N9O5S/c1-6-40(2,3)11-12-62-29-10-7-22-36(50-29)51-38(57(39(22)59)27-9-8-25(42)31-33(27)55(4)53-37(31)54-63(5,60)61)26(15-19-13-20(43)16-21(44)14-19)49-28(58)18-56-34-30(32(52-56)35(45)46)23-17-24(23)41(34,47)48/h7-10,13-14,16,23-24,26,35H,6,11-12,15,17-18H2,1-5H3,(H,49,58)(H,53,54)/t23-,24+,26-/m0/s1. The third-order valence-corrected chi connectivity index (χ3v) is 12.5. The molecule has 6 aromatic rings. The van der Waals surface area contributed by atoms with E-state index in [4.69, 9.17) is 21.3 Å². The zero-order chi connectivity index (χ0) is 45.5. The molecule has 14 nitrogen and oxygen atoms in total. The van der Waals surface area contributed by atoms with Crippen molar-refractivity contribution in [3.8, 4) is 11.6 Å². The number of rotatable bonds is 15. The van der Waals surface area contributed by atoms with E-state index in [1.807, 2.05) is 6.92 Å². The average Bonchev–Trinajstić information content (AvgIpc) is 3.73. The number of ether oxygens (including phenoxy) is 1. The van der Waals surface area contributed by atoms with Crippen LogP contribution in [0, 0.1) is 23.0 Å². The number of pyridine rings is 1. The lowest BCUT2D eigenvalue weighted by atomic mass is 9.87. The topological polar surface area (TPSA) is 168 Å². The number of aromatic nitrogens is 7. The largest absolute Gasteiger partial charge is 0.478 e. The van der Waals surface area contributed by atoms with Gasteiger partial charge in [-0.15, -0.1) is 0 Å². The lowest BCUT2D eigenvalue weighted by molar-refractivity contribution is -0.123. The fourth-order valence-electron chi connectivity index (χ4n) is 8.13. The minimum Gasteiger partial charge on any atom is -0.478 e. The molecule has 1 saturated carbocycles. The first-order valence-corrected chi connectivity index (χ1v) is 22.0. The highest BCUT2D eigenvalue weighted by atomic mass is 35.5. The number of hydrogen-bond donors (Lipinski definition) is 2. The van der Waals surface area contributed by atoms with Crippen LogP contribution < -0.4 is 20.3 Å². The van der Waals surface area contributed by atoms with Crippen LogP contribution in [0.5, 0.6) is 5.88 Å². The van der Waals surface area contributed by atoms with E-state index >= 15 is 8.78 Å². The zero-order valence-electron chi connectivity index (χ0n) is 34.3. The summed E-state index contributed by atoms with van der Waals surface area (Å²) in [7, 11) is -2.47. The van der Waals surface area contributed by atoms with Crippen molar-refractivity contribution >= 4 is 55.3 Å². The van der Waals surface area contributed by atoms with Gasteiger partial charge in [-0.2, -0.15) is 24.0 Å². The summed E-state index contributed by atoms with van der Waals surface area (Å²) in [4.78, 5) is 38.3. The summed E-state index contributed by atoms with van der Waals surface area (Å²) in [6, 6.07) is 6.67. The Morgan fingerprint density at radius 1 is 1.08 bits per heavy atom. The number of sulfonamides is 1. The van der Waals surface area contributed by atoms with Crippen LogP contribution in [0.2, 0.25) is 5.02 Å². The molecule has 0 radical (unpaired) electrons. The normalized spacial score (nSPS) is 17.3. The summed E-state index contributed by atoms with van der Waals surface area (Å²) >= 11 is 6.62. The van der Waals surface area contributed by atoms with Crippen LogP contribution in [0.1, 0.15) is 86.8 Å². The van der Waals surface area contributed by atoms with Gasteiger partial charge in [-0.1, -0.05) is 38.8 Å². The van der Waals surface area contributed by atoms with Crippen molar-refractivity contribution in [2.45, 2.75) is 77.3 Å². The maximum absolute atomic E-state index is 15.5. The van der Waals surface area contributed by atoms with Crippen molar-refractivity contribution in [3.05, 3.63) is 97.8 Å². The predicted octanol–water partition coefficient (Wildman–Crippen LogP) is 7.62. The van der Waals surface area contributed by atoms with Gasteiger partial charge in [0.2, 0.25) is 21.8 Å². The maximum Gasteiger partial charge on any atom is 0.293 e. The van der Waals surface area contributed by atoms with Gasteiger partial charge in [-0.25, -0.2) is 31.0 Å². The number of hydrogen-bond acceptors (Lipinski definition) is 9. The number of carbonyl (C=O) groups excluding carboxylic acids is 1. The van der Waals surface area contributed by atoms with Crippen LogP contribution in [0.15, 0.2) is 47.3 Å². The molecule has 2 aliphatic rings. The average molecular weight is 920 g/mol. The van der Waals surface area contributed by atoms with Crippen molar-refractivity contribution < 1.29 is 44.3 Å². The van der Waals surface area contributed by atoms with Crippen molar-refractivity contribution in [2.75, 3.05) is 17.6 Å². The first-order valence-electron chi connectivity index (χ1n) is 19.8. The number of nitrogens with zero attached hydrogens (tertiary/aromatic N) is 7. The molecular formula is C41H40ClF6N9O5S. The lowest BCUT2D eigenvalue weighted by Crippen LogP contribution is -2.38. The summed E-state index contributed by atoms with van der Waals surface area (Å²) in [6.45, 7) is 5.45. The molecule has 1 amide bonds. The van der Waals surface area contributed by atoms with E-state index < -0.39 is 87.7 Å². The summed E-state index contributed by atoms with van der Waals surface area (Å²) in [5, 5.41) is 10.7. The van der Waals surface area contributed by atoms with Gasteiger partial charge < -0.3 is 10.1 Å². The third-order valence-electron chi connectivity index (χ3n) is 11.6. The Bertz CT molecular complexity index is 2990. The molecule has 0 saturated heterocycles. The van der Waals surface area contributed by atoms with Gasteiger partial charge in [0.15, 0.2) is 11.5 Å². The Labute approximate surface area is 360 Å². The van der Waals surface area contributed by atoms with E-state index in [2.05, 4.69) is 39.1 Å². The highest BCUT2D eigenvalue weighted by molar-refractivity contribution is 7.92. The van der Waals surface area contributed by atoms with E-state index in [9.17, 15) is 35.6 Å². The molecule has 2 aromatic carbocycles. The first kappa shape index (κ1) is 43.9. The van der Waals surface area contributed by atoms with Crippen molar-refractivity contribution in [1.82, 2.24) is 39.4 Å². The quantitative estimate of drug-likeness (QED) is 0.0986. The zero-order valence-corrected chi connectivity index (χ0v) is 35.9. The summed E-state index contributed by atoms with van der Waals surface area (Å²) < 4.78 is 125. The molecule has 2 aliphatic carbocycles. The smallest absolute Gasteiger partial charge is 0.293 e. The summed E-state index contributed by atoms with van der Waals surface area (Å²) in [6.07, 6.45) is -1.28. The Morgan fingerprint density at radius 2 is 1.79 bits per heavy atom. The van der Waals surface area contributed by atoms with Gasteiger partial charge in [-0.3, -0.25) is 28.2 Å². The number of alkyl halides is 4. The Morgan fingerprint density at radius 3 is 2.46 bits per heavy atom. The molecule has 63 heavy (non-hydrogen) atoms. The molecule has 0 spiro atoms. The van der Waals surface area contributed by atoms with Crippen LogP contribution in [-0.2, 0) is 40.8 Å². The van der Waals surface area contributed by atoms with Crippen molar-refractivity contribution in [2.24, 2.45) is 18.4 Å². The fourth-order valence-corrected chi connectivity index (χ4v) is 8.87. The SMILES string of the molecule is CCC(C)(C)CCOc1ccc2c(=O)n(-c3ccc(Cl)c4c(NS(C)(=O)=O)nn(C)c34)c([C@H](Cc3cc(F)cc(F)c3)NC(=O)Cn3nc(C(F)F)c4c3C(F)(F)[C@@H]3C[C@H]43)nc2n1. The van der Waals surface area contributed by atoms with E-state index in [-0.39, 0.29) is 79.7 Å². The minimum atomic E-state index is -3.92. The number of halogens is 7. The molecular weight excluding hydrogens is 880 g/mol. The van der Waals surface area contributed by atoms with Gasteiger partial charge in [0.25, 0.3) is 17.9 Å². The van der Waals surface area contributed by atoms with E-state index in [1.165, 1.54) is 36.0 Å². The van der Waals surface area contributed by atoms with Crippen molar-refractivity contribution in [1.29, 1.82) is 0 Å². The van der Waals surface area contributed by atoms with E-state index in [1.54, 1.807) is 0 Å². The molecule has 8 rings (SSSR count). The third kappa shape index (κ3) is 8.31. The number of nitrogens with one attached hydrogen (secondary N) is 2. The van der Waals surface area contributed by atoms with Crippen LogP contribution in [-0.4, -0.2) is 61.3 Å². The predicted molar refractivity (Wildman–Crippen MR) is 220 cm³/mol. The van der Waals surface area contributed by atoms with E-state index in [0.717, 1.165) is 29.4 Å². The van der Waals surface area contributed by atoms with Crippen LogP contribution in [0.25, 0.3) is 27.6 Å². The number of carbonyl (C=O) groups is 1. The second-order valence-corrected chi connectivity index (χ2v) is 18.8. The number of amides is 1. The second-order valence-electron chi connectivity index (χ2n) is 16.7. The molecule has 3 atom stereocenters.